The molecule has 2 amide bonds. The van der Waals surface area contributed by atoms with Gasteiger partial charge in [-0.25, -0.2) is 0 Å². The number of unbranched alkanes of at least 4 members (excludes halogenated alkanes) is 1. The van der Waals surface area contributed by atoms with Crippen LogP contribution < -0.4 is 16.8 Å². The van der Waals surface area contributed by atoms with Gasteiger partial charge >= 0.3 is 0 Å². The Labute approximate surface area is 192 Å². The van der Waals surface area contributed by atoms with E-state index in [0.717, 1.165) is 31.2 Å². The number of nitrogens with two attached hydrogens (primary N) is 2. The minimum Gasteiger partial charge on any atom is -0.354 e. The highest BCUT2D eigenvalue weighted by Gasteiger charge is 2.28. The molecule has 0 aromatic heterocycles. The largest absolute Gasteiger partial charge is 0.354 e. The average molecular weight is 439 g/mol. The van der Waals surface area contributed by atoms with E-state index in [1.54, 1.807) is 4.90 Å². The summed E-state index contributed by atoms with van der Waals surface area (Å²) in [5.74, 6) is -0.158. The zero-order valence-electron chi connectivity index (χ0n) is 19.0. The number of carbonyl (C=O) groups excluding carboxylic acids is 2. The molecule has 6 heteroatoms. The van der Waals surface area contributed by atoms with Gasteiger partial charge in [0.25, 0.3) is 0 Å². The van der Waals surface area contributed by atoms with E-state index in [2.05, 4.69) is 17.4 Å². The molecule has 0 saturated heterocycles. The summed E-state index contributed by atoms with van der Waals surface area (Å²) in [6.45, 7) is 1.92. The summed E-state index contributed by atoms with van der Waals surface area (Å²) in [7, 11) is 0. The van der Waals surface area contributed by atoms with Crippen LogP contribution in [0, 0.1) is 0 Å². The molecule has 1 atom stereocenters. The van der Waals surface area contributed by atoms with E-state index < -0.39 is 6.04 Å². The van der Waals surface area contributed by atoms with Crippen molar-refractivity contribution < 1.29 is 9.59 Å². The van der Waals surface area contributed by atoms with Crippen LogP contribution in [0.25, 0.3) is 0 Å². The molecule has 0 aliphatic carbocycles. The number of hydrogen-bond donors (Lipinski definition) is 3. The van der Waals surface area contributed by atoms with Gasteiger partial charge in [0.15, 0.2) is 0 Å². The maximum absolute atomic E-state index is 13.1. The molecule has 2 rings (SSSR count). The number of nitrogens with zero attached hydrogens (tertiary/aromatic N) is 1. The van der Waals surface area contributed by atoms with Crippen LogP contribution in [0.2, 0.25) is 0 Å². The third kappa shape index (κ3) is 9.20. The Morgan fingerprint density at radius 2 is 1.44 bits per heavy atom. The molecule has 0 fully saturated rings. The van der Waals surface area contributed by atoms with Crippen molar-refractivity contribution in [3.8, 4) is 0 Å². The van der Waals surface area contributed by atoms with Crippen LogP contribution in [0.5, 0.6) is 0 Å². The second kappa shape index (κ2) is 15.2. The first-order valence-electron chi connectivity index (χ1n) is 11.7. The van der Waals surface area contributed by atoms with Gasteiger partial charge in [0.05, 0.1) is 0 Å². The number of nitrogens with one attached hydrogen (secondary N) is 1. The van der Waals surface area contributed by atoms with E-state index in [-0.39, 0.29) is 24.8 Å². The highest BCUT2D eigenvalue weighted by molar-refractivity contribution is 5.87. The van der Waals surface area contributed by atoms with Crippen molar-refractivity contribution in [2.24, 2.45) is 11.5 Å². The first-order chi connectivity index (χ1) is 15.7. The van der Waals surface area contributed by atoms with Crippen LogP contribution in [-0.4, -0.2) is 48.9 Å². The first-order valence-corrected chi connectivity index (χ1v) is 11.7. The third-order valence-corrected chi connectivity index (χ3v) is 5.56. The lowest BCUT2D eigenvalue weighted by Gasteiger charge is -2.31. The molecule has 0 saturated carbocycles. The first kappa shape index (κ1) is 25.6. The maximum Gasteiger partial charge on any atom is 0.242 e. The molecule has 5 N–H and O–H groups in total. The molecule has 0 heterocycles. The Morgan fingerprint density at radius 3 is 2.03 bits per heavy atom. The van der Waals surface area contributed by atoms with Crippen LogP contribution in [0.1, 0.15) is 43.2 Å². The molecule has 174 valence electrons. The quantitative estimate of drug-likeness (QED) is 0.372. The Hall–Kier alpha value is -2.70. The minimum absolute atomic E-state index is 0.0689. The monoisotopic (exact) mass is 438 g/mol. The van der Waals surface area contributed by atoms with Gasteiger partial charge in [-0.2, -0.15) is 0 Å². The summed E-state index contributed by atoms with van der Waals surface area (Å²) >= 11 is 0. The van der Waals surface area contributed by atoms with Crippen LogP contribution in [0.4, 0.5) is 0 Å². The van der Waals surface area contributed by atoms with E-state index >= 15 is 0 Å². The smallest absolute Gasteiger partial charge is 0.242 e. The predicted octanol–water partition coefficient (Wildman–Crippen LogP) is 2.65. The van der Waals surface area contributed by atoms with Crippen molar-refractivity contribution in [2.75, 3.05) is 26.2 Å². The Bertz CT molecular complexity index is 783. The van der Waals surface area contributed by atoms with E-state index in [1.165, 1.54) is 5.56 Å². The topological polar surface area (TPSA) is 101 Å². The number of rotatable bonds is 15. The summed E-state index contributed by atoms with van der Waals surface area (Å²) in [5, 5.41) is 3.06. The SMILES string of the molecule is NCCCC[C@@H](C(=O)NCCCc1ccccc1)N(CCc1ccccc1)C(=O)CCN. The van der Waals surface area contributed by atoms with Gasteiger partial charge in [-0.3, -0.25) is 9.59 Å². The summed E-state index contributed by atoms with van der Waals surface area (Å²) < 4.78 is 0. The lowest BCUT2D eigenvalue weighted by molar-refractivity contribution is -0.140. The molecular formula is C26H38N4O2. The number of hydrogen-bond acceptors (Lipinski definition) is 4. The van der Waals surface area contributed by atoms with Crippen LogP contribution in [0.3, 0.4) is 0 Å². The third-order valence-electron chi connectivity index (χ3n) is 5.56. The molecule has 0 spiro atoms. The summed E-state index contributed by atoms with van der Waals surface area (Å²) in [6.07, 6.45) is 4.93. The molecule has 32 heavy (non-hydrogen) atoms. The molecule has 0 aliphatic heterocycles. The van der Waals surface area contributed by atoms with Gasteiger partial charge < -0.3 is 21.7 Å². The van der Waals surface area contributed by atoms with E-state index in [4.69, 9.17) is 11.5 Å². The van der Waals surface area contributed by atoms with Crippen molar-refractivity contribution in [3.05, 3.63) is 71.8 Å². The zero-order chi connectivity index (χ0) is 23.0. The van der Waals surface area contributed by atoms with Gasteiger partial charge in [0.2, 0.25) is 11.8 Å². The molecule has 2 aromatic carbocycles. The summed E-state index contributed by atoms with van der Waals surface area (Å²) in [4.78, 5) is 27.8. The fourth-order valence-corrected chi connectivity index (χ4v) is 3.79. The number of benzene rings is 2. The predicted molar refractivity (Wildman–Crippen MR) is 130 cm³/mol. The van der Waals surface area contributed by atoms with E-state index in [1.807, 2.05) is 48.5 Å². The number of aryl methyl sites for hydroxylation is 1. The Kier molecular flexibility index (Phi) is 12.1. The van der Waals surface area contributed by atoms with Gasteiger partial charge in [0, 0.05) is 26.1 Å². The minimum atomic E-state index is -0.499. The lowest BCUT2D eigenvalue weighted by Crippen LogP contribution is -2.51. The van der Waals surface area contributed by atoms with Gasteiger partial charge in [-0.05, 0) is 56.2 Å². The molecular weight excluding hydrogens is 400 g/mol. The van der Waals surface area contributed by atoms with Gasteiger partial charge in [0.1, 0.15) is 6.04 Å². The highest BCUT2D eigenvalue weighted by Crippen LogP contribution is 2.13. The molecule has 0 aliphatic rings. The van der Waals surface area contributed by atoms with E-state index in [0.29, 0.717) is 32.5 Å². The lowest BCUT2D eigenvalue weighted by atomic mass is 10.0. The molecule has 6 nitrogen and oxygen atoms in total. The van der Waals surface area contributed by atoms with Crippen molar-refractivity contribution in [2.45, 2.75) is 51.0 Å². The summed E-state index contributed by atoms with van der Waals surface area (Å²) in [5.41, 5.74) is 13.7. The molecule has 0 unspecified atom stereocenters. The van der Waals surface area contributed by atoms with E-state index in [9.17, 15) is 9.59 Å². The highest BCUT2D eigenvalue weighted by atomic mass is 16.2. The fourth-order valence-electron chi connectivity index (χ4n) is 3.79. The van der Waals surface area contributed by atoms with Crippen molar-refractivity contribution in [1.29, 1.82) is 0 Å². The van der Waals surface area contributed by atoms with Gasteiger partial charge in [-0.1, -0.05) is 60.7 Å². The van der Waals surface area contributed by atoms with Crippen LogP contribution in [-0.2, 0) is 22.4 Å². The average Bonchev–Trinajstić information content (AvgIpc) is 2.82. The van der Waals surface area contributed by atoms with Crippen LogP contribution >= 0.6 is 0 Å². The molecule has 0 radical (unpaired) electrons. The number of carbonyl (C=O) groups is 2. The molecule has 2 aromatic rings. The second-order valence-corrected chi connectivity index (χ2v) is 8.04. The van der Waals surface area contributed by atoms with Crippen LogP contribution in [0.15, 0.2) is 60.7 Å². The summed E-state index contributed by atoms with van der Waals surface area (Å²) in [6, 6.07) is 19.8. The van der Waals surface area contributed by atoms with Gasteiger partial charge in [-0.15, -0.1) is 0 Å². The van der Waals surface area contributed by atoms with Crippen molar-refractivity contribution in [1.82, 2.24) is 10.2 Å². The van der Waals surface area contributed by atoms with Crippen molar-refractivity contribution in [3.63, 3.8) is 0 Å². The fraction of sp³-hybridized carbons (Fsp3) is 0.462. The maximum atomic E-state index is 13.1. The molecule has 0 bridgehead atoms. The Morgan fingerprint density at radius 1 is 0.812 bits per heavy atom. The zero-order valence-corrected chi connectivity index (χ0v) is 19.0. The number of amides is 2. The van der Waals surface area contributed by atoms with Crippen molar-refractivity contribution >= 4 is 11.8 Å². The second-order valence-electron chi connectivity index (χ2n) is 8.04. The Balaban J connectivity index is 2.01. The normalized spacial score (nSPS) is 11.7. The standard InChI is InChI=1S/C26H38N4O2/c27-18-8-7-15-24(26(32)29-20-9-14-22-10-3-1-4-11-22)30(25(31)16-19-28)21-17-23-12-5-2-6-13-23/h1-6,10-13,24H,7-9,14-21,27-28H2,(H,29,32)/t24-/m0/s1.